The Bertz CT molecular complexity index is 446. The molecular formula is C15H27Cl2N3O2. The second-order valence-corrected chi connectivity index (χ2v) is 5.69. The van der Waals surface area contributed by atoms with Crippen molar-refractivity contribution in [1.29, 1.82) is 0 Å². The van der Waals surface area contributed by atoms with Gasteiger partial charge in [-0.2, -0.15) is 0 Å². The maximum atomic E-state index is 11.8. The van der Waals surface area contributed by atoms with Crippen LogP contribution >= 0.6 is 24.8 Å². The second kappa shape index (κ2) is 10.1. The number of carbonyl (C=O) groups excluding carboxylic acids is 1. The van der Waals surface area contributed by atoms with Gasteiger partial charge in [-0.25, -0.2) is 0 Å². The van der Waals surface area contributed by atoms with Gasteiger partial charge in [-0.3, -0.25) is 9.69 Å². The number of hydrogen-bond donors (Lipinski definition) is 2. The maximum Gasteiger partial charge on any atom is 0.221 e. The zero-order valence-electron chi connectivity index (χ0n) is 13.2. The molecule has 1 fully saturated rings. The van der Waals surface area contributed by atoms with Crippen LogP contribution in [0.4, 0.5) is 0 Å². The van der Waals surface area contributed by atoms with E-state index >= 15 is 0 Å². The van der Waals surface area contributed by atoms with Crippen LogP contribution in [-0.2, 0) is 4.79 Å². The Labute approximate surface area is 144 Å². The van der Waals surface area contributed by atoms with E-state index in [4.69, 9.17) is 10.2 Å². The van der Waals surface area contributed by atoms with E-state index in [1.165, 1.54) is 12.8 Å². The van der Waals surface area contributed by atoms with E-state index in [0.29, 0.717) is 13.0 Å². The Morgan fingerprint density at radius 2 is 2.00 bits per heavy atom. The molecule has 1 aliphatic heterocycles. The van der Waals surface area contributed by atoms with Crippen molar-refractivity contribution in [1.82, 2.24) is 10.2 Å². The smallest absolute Gasteiger partial charge is 0.221 e. The molecule has 2 heterocycles. The quantitative estimate of drug-likeness (QED) is 0.825. The Balaban J connectivity index is 0.00000220. The van der Waals surface area contributed by atoms with Crippen LogP contribution in [0.25, 0.3) is 0 Å². The molecule has 2 rings (SSSR count). The van der Waals surface area contributed by atoms with Crippen LogP contribution < -0.4 is 11.1 Å². The molecule has 1 aliphatic rings. The fraction of sp³-hybridized carbons (Fsp3) is 0.667. The lowest BCUT2D eigenvalue weighted by atomic mass is 10.2. The number of amides is 1. The van der Waals surface area contributed by atoms with Gasteiger partial charge >= 0.3 is 0 Å². The Morgan fingerprint density at radius 3 is 2.50 bits per heavy atom. The summed E-state index contributed by atoms with van der Waals surface area (Å²) in [4.78, 5) is 14.1. The van der Waals surface area contributed by atoms with Crippen molar-refractivity contribution < 1.29 is 9.21 Å². The van der Waals surface area contributed by atoms with Crippen LogP contribution in [0, 0.1) is 6.92 Å². The zero-order chi connectivity index (χ0) is 14.5. The van der Waals surface area contributed by atoms with Gasteiger partial charge in [-0.15, -0.1) is 24.8 Å². The molecule has 22 heavy (non-hydrogen) atoms. The summed E-state index contributed by atoms with van der Waals surface area (Å²) in [7, 11) is 0. The van der Waals surface area contributed by atoms with Gasteiger partial charge in [-0.1, -0.05) is 0 Å². The summed E-state index contributed by atoms with van der Waals surface area (Å²) in [5.74, 6) is 1.85. The standard InChI is InChI=1S/C15H25N3O2.2ClH/c1-11(16)9-15(19)17-10-13(18-7-3-4-8-18)14-6-5-12(2)20-14;;/h5-6,11,13H,3-4,7-10,16H2,1-2H3,(H,17,19);2*1H. The Hall–Kier alpha value is -0.750. The lowest BCUT2D eigenvalue weighted by Crippen LogP contribution is -2.38. The molecule has 7 heteroatoms. The molecular weight excluding hydrogens is 325 g/mol. The molecule has 0 aromatic carbocycles. The number of nitrogens with one attached hydrogen (secondary N) is 1. The fourth-order valence-electron chi connectivity index (χ4n) is 2.67. The fourth-order valence-corrected chi connectivity index (χ4v) is 2.67. The highest BCUT2D eigenvalue weighted by atomic mass is 35.5. The van der Waals surface area contributed by atoms with Crippen LogP contribution in [0.5, 0.6) is 0 Å². The SMILES string of the molecule is Cc1ccc(C(CNC(=O)CC(C)N)N2CCCC2)o1.Cl.Cl. The second-order valence-electron chi connectivity index (χ2n) is 5.69. The van der Waals surface area contributed by atoms with Crippen LogP contribution in [0.3, 0.4) is 0 Å². The molecule has 1 aromatic heterocycles. The van der Waals surface area contributed by atoms with Crippen LogP contribution in [-0.4, -0.2) is 36.5 Å². The first kappa shape index (κ1) is 21.2. The lowest BCUT2D eigenvalue weighted by molar-refractivity contribution is -0.121. The molecule has 2 unspecified atom stereocenters. The number of hydrogen-bond acceptors (Lipinski definition) is 4. The van der Waals surface area contributed by atoms with Crippen molar-refractivity contribution in [3.05, 3.63) is 23.7 Å². The molecule has 1 aromatic rings. The predicted molar refractivity (Wildman–Crippen MR) is 92.8 cm³/mol. The first-order chi connectivity index (χ1) is 9.56. The summed E-state index contributed by atoms with van der Waals surface area (Å²) >= 11 is 0. The number of nitrogens with two attached hydrogens (primary N) is 1. The molecule has 1 saturated heterocycles. The molecule has 128 valence electrons. The third-order valence-corrected chi connectivity index (χ3v) is 3.67. The van der Waals surface area contributed by atoms with Crippen LogP contribution in [0.15, 0.2) is 16.5 Å². The largest absolute Gasteiger partial charge is 0.465 e. The van der Waals surface area contributed by atoms with Crippen LogP contribution in [0.1, 0.15) is 43.7 Å². The third-order valence-electron chi connectivity index (χ3n) is 3.67. The lowest BCUT2D eigenvalue weighted by Gasteiger charge is -2.26. The minimum Gasteiger partial charge on any atom is -0.465 e. The molecule has 5 nitrogen and oxygen atoms in total. The van der Waals surface area contributed by atoms with Crippen molar-refractivity contribution in [2.75, 3.05) is 19.6 Å². The molecule has 0 spiro atoms. The van der Waals surface area contributed by atoms with Gasteiger partial charge < -0.3 is 15.5 Å². The van der Waals surface area contributed by atoms with E-state index in [1.54, 1.807) is 0 Å². The highest BCUT2D eigenvalue weighted by Crippen LogP contribution is 2.26. The van der Waals surface area contributed by atoms with E-state index in [2.05, 4.69) is 10.2 Å². The molecule has 0 aliphatic carbocycles. The molecule has 2 atom stereocenters. The van der Waals surface area contributed by atoms with Gasteiger partial charge in [0.25, 0.3) is 0 Å². The van der Waals surface area contributed by atoms with Crippen molar-refractivity contribution in [2.45, 2.75) is 45.2 Å². The summed E-state index contributed by atoms with van der Waals surface area (Å²) in [6, 6.07) is 4.01. The van der Waals surface area contributed by atoms with Crippen molar-refractivity contribution in [3.63, 3.8) is 0 Å². The van der Waals surface area contributed by atoms with Crippen molar-refractivity contribution in [3.8, 4) is 0 Å². The normalized spacial score (nSPS) is 17.2. The summed E-state index contributed by atoms with van der Waals surface area (Å²) in [6.07, 6.45) is 2.79. The minimum absolute atomic E-state index is 0. The van der Waals surface area contributed by atoms with Gasteiger partial charge in [0.1, 0.15) is 11.5 Å². The summed E-state index contributed by atoms with van der Waals surface area (Å²) in [6.45, 7) is 6.49. The first-order valence-corrected chi connectivity index (χ1v) is 7.39. The summed E-state index contributed by atoms with van der Waals surface area (Å²) in [5, 5.41) is 2.98. The third kappa shape index (κ3) is 6.16. The van der Waals surface area contributed by atoms with Gasteiger partial charge in [-0.05, 0) is 51.9 Å². The number of rotatable bonds is 6. The average molecular weight is 352 g/mol. The monoisotopic (exact) mass is 351 g/mol. The van der Waals surface area contributed by atoms with E-state index < -0.39 is 0 Å². The maximum absolute atomic E-state index is 11.8. The molecule has 0 saturated carbocycles. The number of carbonyl (C=O) groups is 1. The van der Waals surface area contributed by atoms with E-state index in [0.717, 1.165) is 24.6 Å². The predicted octanol–water partition coefficient (Wildman–Crippen LogP) is 2.42. The van der Waals surface area contributed by atoms with Crippen molar-refractivity contribution in [2.24, 2.45) is 5.73 Å². The van der Waals surface area contributed by atoms with Gasteiger partial charge in [0.05, 0.1) is 6.04 Å². The van der Waals surface area contributed by atoms with E-state index in [9.17, 15) is 4.79 Å². The number of likely N-dealkylation sites (tertiary alicyclic amines) is 1. The highest BCUT2D eigenvalue weighted by molar-refractivity contribution is 5.85. The Morgan fingerprint density at radius 1 is 1.36 bits per heavy atom. The summed E-state index contributed by atoms with van der Waals surface area (Å²) in [5.41, 5.74) is 5.65. The summed E-state index contributed by atoms with van der Waals surface area (Å²) < 4.78 is 5.75. The van der Waals surface area contributed by atoms with Gasteiger partial charge in [0.15, 0.2) is 0 Å². The number of halogens is 2. The molecule has 3 N–H and O–H groups in total. The van der Waals surface area contributed by atoms with Gasteiger partial charge in [0, 0.05) is 19.0 Å². The van der Waals surface area contributed by atoms with Gasteiger partial charge in [0.2, 0.25) is 5.91 Å². The number of furan rings is 1. The van der Waals surface area contributed by atoms with Crippen molar-refractivity contribution >= 4 is 30.7 Å². The van der Waals surface area contributed by atoms with E-state index in [-0.39, 0.29) is 42.8 Å². The molecule has 0 radical (unpaired) electrons. The minimum atomic E-state index is -0.105. The highest BCUT2D eigenvalue weighted by Gasteiger charge is 2.26. The molecule has 0 bridgehead atoms. The van der Waals surface area contributed by atoms with Crippen LogP contribution in [0.2, 0.25) is 0 Å². The number of aryl methyl sites for hydroxylation is 1. The Kier molecular flexibility index (Phi) is 9.76. The molecule has 1 amide bonds. The zero-order valence-corrected chi connectivity index (χ0v) is 14.8. The topological polar surface area (TPSA) is 71.5 Å². The first-order valence-electron chi connectivity index (χ1n) is 7.39. The number of nitrogens with zero attached hydrogens (tertiary/aromatic N) is 1. The average Bonchev–Trinajstić information content (AvgIpc) is 3.01. The van der Waals surface area contributed by atoms with E-state index in [1.807, 2.05) is 26.0 Å².